The Labute approximate surface area is 165 Å². The van der Waals surface area contributed by atoms with Gasteiger partial charge in [0.15, 0.2) is 0 Å². The van der Waals surface area contributed by atoms with E-state index >= 15 is 0 Å². The molecular formula is C23H25N3O2. The van der Waals surface area contributed by atoms with E-state index in [2.05, 4.69) is 6.07 Å². The minimum Gasteiger partial charge on any atom is -0.496 e. The van der Waals surface area contributed by atoms with Crippen molar-refractivity contribution in [2.75, 3.05) is 14.2 Å². The summed E-state index contributed by atoms with van der Waals surface area (Å²) in [5.74, 6) is 1.23. The third-order valence-corrected chi connectivity index (χ3v) is 5.13. The largest absolute Gasteiger partial charge is 0.496 e. The van der Waals surface area contributed by atoms with E-state index in [9.17, 15) is 4.79 Å². The highest BCUT2D eigenvalue weighted by Gasteiger charge is 2.30. The van der Waals surface area contributed by atoms with Gasteiger partial charge in [-0.1, -0.05) is 35.9 Å². The van der Waals surface area contributed by atoms with Crippen molar-refractivity contribution < 1.29 is 9.53 Å². The maximum Gasteiger partial charge on any atom is 0.272 e. The molecule has 0 saturated heterocycles. The summed E-state index contributed by atoms with van der Waals surface area (Å²) in [6, 6.07) is 17.8. The van der Waals surface area contributed by atoms with E-state index in [-0.39, 0.29) is 5.91 Å². The monoisotopic (exact) mass is 375 g/mol. The van der Waals surface area contributed by atoms with E-state index in [1.807, 2.05) is 62.5 Å². The normalized spacial score (nSPS) is 13.4. The van der Waals surface area contributed by atoms with Gasteiger partial charge in [0.2, 0.25) is 0 Å². The van der Waals surface area contributed by atoms with Gasteiger partial charge in [0.1, 0.15) is 11.4 Å². The highest BCUT2D eigenvalue weighted by atomic mass is 16.5. The van der Waals surface area contributed by atoms with E-state index in [0.29, 0.717) is 18.2 Å². The maximum absolute atomic E-state index is 13.3. The number of methoxy groups -OCH3 is 1. The van der Waals surface area contributed by atoms with Crippen LogP contribution in [0.3, 0.4) is 0 Å². The van der Waals surface area contributed by atoms with Crippen LogP contribution in [-0.4, -0.2) is 34.7 Å². The van der Waals surface area contributed by atoms with Crippen molar-refractivity contribution in [3.8, 4) is 11.4 Å². The molecule has 0 unspecified atom stereocenters. The molecule has 0 bridgehead atoms. The van der Waals surface area contributed by atoms with Gasteiger partial charge >= 0.3 is 0 Å². The van der Waals surface area contributed by atoms with Crippen LogP contribution in [0.4, 0.5) is 0 Å². The first kappa shape index (κ1) is 18.3. The summed E-state index contributed by atoms with van der Waals surface area (Å²) in [6.45, 7) is 2.51. The molecule has 1 aromatic heterocycles. The maximum atomic E-state index is 13.3. The third kappa shape index (κ3) is 3.65. The van der Waals surface area contributed by atoms with Crippen LogP contribution < -0.4 is 4.74 Å². The van der Waals surface area contributed by atoms with Gasteiger partial charge < -0.3 is 9.64 Å². The lowest BCUT2D eigenvalue weighted by Gasteiger charge is -2.19. The molecule has 1 aliphatic carbocycles. The van der Waals surface area contributed by atoms with E-state index in [0.717, 1.165) is 41.1 Å². The van der Waals surface area contributed by atoms with Crippen molar-refractivity contribution >= 4 is 5.91 Å². The average molecular weight is 375 g/mol. The van der Waals surface area contributed by atoms with Gasteiger partial charge in [-0.3, -0.25) is 4.79 Å². The Morgan fingerprint density at radius 1 is 1.18 bits per heavy atom. The van der Waals surface area contributed by atoms with Crippen LogP contribution in [0.15, 0.2) is 54.6 Å². The second-order valence-corrected chi connectivity index (χ2v) is 7.45. The zero-order chi connectivity index (χ0) is 19.7. The zero-order valence-corrected chi connectivity index (χ0v) is 16.6. The van der Waals surface area contributed by atoms with Gasteiger partial charge in [-0.15, -0.1) is 0 Å². The molecule has 1 saturated carbocycles. The molecule has 0 aliphatic heterocycles. The van der Waals surface area contributed by atoms with Crippen molar-refractivity contribution in [3.05, 3.63) is 77.1 Å². The smallest absolute Gasteiger partial charge is 0.272 e. The van der Waals surface area contributed by atoms with Crippen LogP contribution in [0.5, 0.6) is 5.75 Å². The highest BCUT2D eigenvalue weighted by molar-refractivity contribution is 5.93. The summed E-state index contributed by atoms with van der Waals surface area (Å²) in [6.07, 6.45) is 2.30. The lowest BCUT2D eigenvalue weighted by molar-refractivity contribution is 0.0775. The van der Waals surface area contributed by atoms with Gasteiger partial charge in [-0.2, -0.15) is 5.10 Å². The molecule has 1 heterocycles. The summed E-state index contributed by atoms with van der Waals surface area (Å²) in [4.78, 5) is 15.0. The molecule has 0 atom stereocenters. The van der Waals surface area contributed by atoms with Crippen molar-refractivity contribution in [2.24, 2.45) is 0 Å². The number of benzene rings is 2. The fraction of sp³-hybridized carbons (Fsp3) is 0.304. The fourth-order valence-electron chi connectivity index (χ4n) is 3.45. The number of rotatable bonds is 6. The van der Waals surface area contributed by atoms with E-state index in [1.165, 1.54) is 0 Å². The number of amides is 1. The number of aromatic nitrogens is 2. The Kier molecular flexibility index (Phi) is 4.90. The molecule has 1 amide bonds. The summed E-state index contributed by atoms with van der Waals surface area (Å²) >= 11 is 0. The quantitative estimate of drug-likeness (QED) is 0.644. The Bertz CT molecular complexity index is 990. The lowest BCUT2D eigenvalue weighted by Crippen LogP contribution is -2.28. The van der Waals surface area contributed by atoms with E-state index < -0.39 is 0 Å². The first-order chi connectivity index (χ1) is 13.6. The molecular weight excluding hydrogens is 350 g/mol. The number of nitrogens with zero attached hydrogens (tertiary/aromatic N) is 3. The number of hydrogen-bond donors (Lipinski definition) is 0. The van der Waals surface area contributed by atoms with Crippen LogP contribution >= 0.6 is 0 Å². The molecule has 1 fully saturated rings. The minimum atomic E-state index is -0.0492. The zero-order valence-electron chi connectivity index (χ0n) is 16.6. The first-order valence-electron chi connectivity index (χ1n) is 9.61. The number of carbonyl (C=O) groups excluding carboxylic acids is 1. The summed E-state index contributed by atoms with van der Waals surface area (Å²) in [5, 5.41) is 4.75. The fourth-order valence-corrected chi connectivity index (χ4v) is 3.45. The summed E-state index contributed by atoms with van der Waals surface area (Å²) in [7, 11) is 3.48. The Morgan fingerprint density at radius 3 is 2.61 bits per heavy atom. The molecule has 144 valence electrons. The Balaban J connectivity index is 1.65. The average Bonchev–Trinajstić information content (AvgIpc) is 3.47. The third-order valence-electron chi connectivity index (χ3n) is 5.13. The summed E-state index contributed by atoms with van der Waals surface area (Å²) in [5.41, 5.74) is 4.64. The first-order valence-corrected chi connectivity index (χ1v) is 9.61. The summed E-state index contributed by atoms with van der Waals surface area (Å²) < 4.78 is 7.25. The minimum absolute atomic E-state index is 0.0492. The Hall–Kier alpha value is -3.08. The van der Waals surface area contributed by atoms with E-state index in [4.69, 9.17) is 9.84 Å². The number of hydrogen-bond acceptors (Lipinski definition) is 3. The predicted molar refractivity (Wildman–Crippen MR) is 109 cm³/mol. The molecule has 2 aromatic carbocycles. The molecule has 28 heavy (non-hydrogen) atoms. The molecule has 5 nitrogen and oxygen atoms in total. The van der Waals surface area contributed by atoms with Crippen LogP contribution in [-0.2, 0) is 6.54 Å². The molecule has 0 radical (unpaired) electrons. The molecule has 1 aliphatic rings. The van der Waals surface area contributed by atoms with Gasteiger partial charge in [0, 0.05) is 25.1 Å². The van der Waals surface area contributed by atoms with Crippen LogP contribution in [0.25, 0.3) is 5.69 Å². The standard InChI is InChI=1S/C23H25N3O2/c1-16-9-12-22(28-3)18(13-16)15-25(2)23(27)21-14-20(17-10-11-17)24-26(21)19-7-5-4-6-8-19/h4-9,12-14,17H,10-11,15H2,1-3H3. The Morgan fingerprint density at radius 2 is 1.93 bits per heavy atom. The van der Waals surface area contributed by atoms with Crippen molar-refractivity contribution in [3.63, 3.8) is 0 Å². The van der Waals surface area contributed by atoms with Gasteiger partial charge in [0.05, 0.1) is 18.5 Å². The van der Waals surface area contributed by atoms with Gasteiger partial charge in [-0.05, 0) is 44.0 Å². The molecule has 0 spiro atoms. The number of aryl methyl sites for hydroxylation is 1. The van der Waals surface area contributed by atoms with Crippen molar-refractivity contribution in [1.82, 2.24) is 14.7 Å². The predicted octanol–water partition coefficient (Wildman–Crippen LogP) is 4.34. The molecule has 5 heteroatoms. The van der Waals surface area contributed by atoms with Crippen LogP contribution in [0.1, 0.15) is 46.1 Å². The second-order valence-electron chi connectivity index (χ2n) is 7.45. The van der Waals surface area contributed by atoms with Crippen LogP contribution in [0, 0.1) is 6.92 Å². The van der Waals surface area contributed by atoms with E-state index in [1.54, 1.807) is 16.7 Å². The van der Waals surface area contributed by atoms with Crippen molar-refractivity contribution in [1.29, 1.82) is 0 Å². The van der Waals surface area contributed by atoms with Crippen LogP contribution in [0.2, 0.25) is 0 Å². The lowest BCUT2D eigenvalue weighted by atomic mass is 10.1. The van der Waals surface area contributed by atoms with Gasteiger partial charge in [-0.25, -0.2) is 4.68 Å². The molecule has 4 rings (SSSR count). The van der Waals surface area contributed by atoms with Gasteiger partial charge in [0.25, 0.3) is 5.91 Å². The van der Waals surface area contributed by atoms with Crippen molar-refractivity contribution in [2.45, 2.75) is 32.2 Å². The molecule has 0 N–H and O–H groups in total. The topological polar surface area (TPSA) is 47.4 Å². The SMILES string of the molecule is COc1ccc(C)cc1CN(C)C(=O)c1cc(C2CC2)nn1-c1ccccc1. The molecule has 3 aromatic rings. The number of ether oxygens (including phenoxy) is 1. The second kappa shape index (κ2) is 7.50. The highest BCUT2D eigenvalue weighted by Crippen LogP contribution is 2.40. The number of carbonyl (C=O) groups is 1. The number of para-hydroxylation sites is 1.